The summed E-state index contributed by atoms with van der Waals surface area (Å²) in [4.78, 5) is 48.3. The lowest BCUT2D eigenvalue weighted by atomic mass is 10.1. The molecule has 3 atom stereocenters. The third-order valence-electron chi connectivity index (χ3n) is 10.7. The topological polar surface area (TPSA) is 155 Å². The number of unbranched alkanes of at least 4 members (excludes halogenated alkanes) is 13. The van der Waals surface area contributed by atoms with Gasteiger partial charge in [-0.1, -0.05) is 175 Å². The molecule has 0 fully saturated rings. The van der Waals surface area contributed by atoms with Gasteiger partial charge in [-0.05, 0) is 116 Å². The number of carbonyl (C=O) groups excluding carboxylic acids is 3. The Labute approximate surface area is 425 Å². The second-order valence-corrected chi connectivity index (χ2v) is 18.7. The summed E-state index contributed by atoms with van der Waals surface area (Å²) in [6.07, 6.45) is 60.6. The number of ether oxygens (including phenoxy) is 3. The summed E-state index contributed by atoms with van der Waals surface area (Å²) < 4.78 is 39.3. The minimum Gasteiger partial charge on any atom is -0.462 e. The number of aliphatic hydroxyl groups is 1. The molecule has 11 nitrogen and oxygen atoms in total. The van der Waals surface area contributed by atoms with Gasteiger partial charge >= 0.3 is 25.7 Å². The quantitative estimate of drug-likeness (QED) is 0.0197. The number of hydrogen-bond donors (Lipinski definition) is 2. The molecule has 3 unspecified atom stereocenters. The summed E-state index contributed by atoms with van der Waals surface area (Å²) in [6.45, 7) is 4.26. The lowest BCUT2D eigenvalue weighted by molar-refractivity contribution is -0.161. The second-order valence-electron chi connectivity index (χ2n) is 17.3. The van der Waals surface area contributed by atoms with E-state index in [4.69, 9.17) is 23.3 Å². The maximum Gasteiger partial charge on any atom is 0.472 e. The first-order valence-corrected chi connectivity index (χ1v) is 28.3. The molecule has 0 aliphatic rings. The Bertz CT molecular complexity index is 1590. The largest absolute Gasteiger partial charge is 0.472 e. The molecular weight excluding hydrogens is 904 g/mol. The van der Waals surface area contributed by atoms with E-state index in [0.717, 1.165) is 128 Å². The van der Waals surface area contributed by atoms with E-state index in [1.165, 1.54) is 12.8 Å². The van der Waals surface area contributed by atoms with Crippen LogP contribution in [-0.4, -0.2) is 66.5 Å². The molecular formula is C58H95O11P. The highest BCUT2D eigenvalue weighted by atomic mass is 31.2. The van der Waals surface area contributed by atoms with E-state index in [-0.39, 0.29) is 25.9 Å². The first kappa shape index (κ1) is 66.1. The van der Waals surface area contributed by atoms with Crippen molar-refractivity contribution in [2.75, 3.05) is 26.4 Å². The van der Waals surface area contributed by atoms with Crippen LogP contribution in [0.25, 0.3) is 0 Å². The fourth-order valence-electron chi connectivity index (χ4n) is 6.61. The van der Waals surface area contributed by atoms with Crippen LogP contribution in [0.2, 0.25) is 0 Å². The van der Waals surface area contributed by atoms with Crippen LogP contribution in [0.3, 0.4) is 0 Å². The molecule has 398 valence electrons. The highest BCUT2D eigenvalue weighted by Gasteiger charge is 2.28. The second kappa shape index (κ2) is 51.5. The third kappa shape index (κ3) is 49.1. The van der Waals surface area contributed by atoms with Crippen LogP contribution < -0.4 is 0 Å². The van der Waals surface area contributed by atoms with Crippen molar-refractivity contribution in [2.45, 2.75) is 213 Å². The van der Waals surface area contributed by atoms with Crippen molar-refractivity contribution in [3.63, 3.8) is 0 Å². The Morgan fingerprint density at radius 2 is 0.743 bits per heavy atom. The minimum absolute atomic E-state index is 0.119. The van der Waals surface area contributed by atoms with Crippen molar-refractivity contribution in [3.05, 3.63) is 109 Å². The van der Waals surface area contributed by atoms with Crippen molar-refractivity contribution in [3.8, 4) is 0 Å². The summed E-state index contributed by atoms with van der Waals surface area (Å²) in [5.74, 6) is -1.56. The maximum atomic E-state index is 12.9. The van der Waals surface area contributed by atoms with Crippen molar-refractivity contribution in [1.29, 1.82) is 0 Å². The molecule has 70 heavy (non-hydrogen) atoms. The SMILES string of the molecule is CC/C=C\C/C=C\C/C=C\C/C=C\C/C=C\CCCCCC(=O)OCC(COP(=O)(O)OCC(CO)OC(=O)CCCCCCC/C=C\CCCC)OC(=O)CCCCC/C=C\C/C=C\C/C=C\CC. The van der Waals surface area contributed by atoms with E-state index in [2.05, 4.69) is 130 Å². The van der Waals surface area contributed by atoms with Gasteiger partial charge in [-0.2, -0.15) is 0 Å². The highest BCUT2D eigenvalue weighted by molar-refractivity contribution is 7.47. The Morgan fingerprint density at radius 3 is 1.17 bits per heavy atom. The van der Waals surface area contributed by atoms with E-state index < -0.39 is 57.8 Å². The molecule has 0 aliphatic heterocycles. The van der Waals surface area contributed by atoms with Crippen molar-refractivity contribution < 1.29 is 52.2 Å². The van der Waals surface area contributed by atoms with Crippen LogP contribution >= 0.6 is 7.82 Å². The van der Waals surface area contributed by atoms with Gasteiger partial charge in [0.05, 0.1) is 19.8 Å². The molecule has 0 bridgehead atoms. The summed E-state index contributed by atoms with van der Waals surface area (Å²) in [5, 5.41) is 9.77. The van der Waals surface area contributed by atoms with Crippen LogP contribution in [-0.2, 0) is 42.2 Å². The zero-order valence-electron chi connectivity index (χ0n) is 43.7. The predicted octanol–water partition coefficient (Wildman–Crippen LogP) is 15.5. The van der Waals surface area contributed by atoms with Crippen molar-refractivity contribution in [2.24, 2.45) is 0 Å². The summed E-state index contributed by atoms with van der Waals surface area (Å²) in [7, 11) is -4.76. The molecule has 0 saturated carbocycles. The zero-order chi connectivity index (χ0) is 51.3. The monoisotopic (exact) mass is 999 g/mol. The smallest absolute Gasteiger partial charge is 0.462 e. The van der Waals surface area contributed by atoms with Gasteiger partial charge in [0, 0.05) is 19.3 Å². The van der Waals surface area contributed by atoms with E-state index >= 15 is 0 Å². The normalized spacial score (nSPS) is 14.3. The molecule has 0 aromatic rings. The van der Waals surface area contributed by atoms with Gasteiger partial charge in [0.15, 0.2) is 6.10 Å². The molecule has 0 aromatic heterocycles. The fourth-order valence-corrected chi connectivity index (χ4v) is 7.39. The van der Waals surface area contributed by atoms with Gasteiger partial charge < -0.3 is 24.2 Å². The number of allylic oxidation sites excluding steroid dienone is 18. The molecule has 0 heterocycles. The molecule has 0 amide bonds. The first-order valence-electron chi connectivity index (χ1n) is 26.8. The average molecular weight is 999 g/mol. The van der Waals surface area contributed by atoms with Crippen LogP contribution in [0.5, 0.6) is 0 Å². The van der Waals surface area contributed by atoms with Gasteiger partial charge in [0.2, 0.25) is 0 Å². The van der Waals surface area contributed by atoms with Crippen molar-refractivity contribution >= 4 is 25.7 Å². The first-order chi connectivity index (χ1) is 34.2. The van der Waals surface area contributed by atoms with E-state index in [9.17, 15) is 28.9 Å². The molecule has 2 N–H and O–H groups in total. The van der Waals surface area contributed by atoms with Crippen molar-refractivity contribution in [1.82, 2.24) is 0 Å². The number of esters is 3. The third-order valence-corrected chi connectivity index (χ3v) is 11.6. The number of phosphoric acid groups is 1. The van der Waals surface area contributed by atoms with Crippen LogP contribution in [0.4, 0.5) is 0 Å². The van der Waals surface area contributed by atoms with Gasteiger partial charge in [-0.25, -0.2) is 4.57 Å². The average Bonchev–Trinajstić information content (AvgIpc) is 3.35. The van der Waals surface area contributed by atoms with Gasteiger partial charge in [0.25, 0.3) is 0 Å². The standard InChI is InChI=1S/C58H95O11P/c1-4-7-10-13-16-19-22-24-25-26-27-28-29-31-33-35-38-41-44-47-56(60)65-51-55(69-58(62)49-46-43-40-37-34-30-23-20-17-14-11-8-5-2)53-67-70(63,64)66-52-54(50-59)68-57(61)48-45-42-39-36-32-21-18-15-12-9-6-3/h7-8,10-11,15-20,24-25,27-28,30-31,33-34,54-55,59H,4-6,9,12-14,21-23,26,29,32,35-53H2,1-3H3,(H,63,64)/b10-7-,11-8-,18-15-,19-16-,20-17-,25-24-,28-27-,33-31-,34-30-. The van der Waals surface area contributed by atoms with E-state index in [1.807, 2.05) is 0 Å². The number of phosphoric ester groups is 1. The summed E-state index contributed by atoms with van der Waals surface area (Å²) in [5.41, 5.74) is 0. The fraction of sp³-hybridized carbons (Fsp3) is 0.638. The van der Waals surface area contributed by atoms with Crippen LogP contribution in [0.1, 0.15) is 201 Å². The Balaban J connectivity index is 4.84. The highest BCUT2D eigenvalue weighted by Crippen LogP contribution is 2.43. The Morgan fingerprint density at radius 1 is 0.414 bits per heavy atom. The lowest BCUT2D eigenvalue weighted by Gasteiger charge is -2.21. The van der Waals surface area contributed by atoms with E-state index in [1.54, 1.807) is 0 Å². The molecule has 0 spiro atoms. The molecule has 0 aromatic carbocycles. The summed E-state index contributed by atoms with van der Waals surface area (Å²) >= 11 is 0. The number of hydrogen-bond acceptors (Lipinski definition) is 10. The van der Waals surface area contributed by atoms with Gasteiger partial charge in [-0.3, -0.25) is 23.4 Å². The van der Waals surface area contributed by atoms with Crippen LogP contribution in [0, 0.1) is 0 Å². The van der Waals surface area contributed by atoms with Gasteiger partial charge in [-0.15, -0.1) is 0 Å². The number of aliphatic hydroxyl groups excluding tert-OH is 1. The molecule has 0 rings (SSSR count). The summed E-state index contributed by atoms with van der Waals surface area (Å²) in [6, 6.07) is 0. The van der Waals surface area contributed by atoms with Crippen LogP contribution in [0.15, 0.2) is 109 Å². The molecule has 0 aliphatic carbocycles. The zero-order valence-corrected chi connectivity index (χ0v) is 44.6. The molecule has 0 radical (unpaired) electrons. The minimum atomic E-state index is -4.76. The number of carbonyl (C=O) groups is 3. The van der Waals surface area contributed by atoms with Gasteiger partial charge in [0.1, 0.15) is 12.7 Å². The number of rotatable bonds is 48. The molecule has 0 saturated heterocycles. The predicted molar refractivity (Wildman–Crippen MR) is 288 cm³/mol. The lowest BCUT2D eigenvalue weighted by Crippen LogP contribution is -2.30. The molecule has 12 heteroatoms. The Hall–Kier alpha value is -3.86. The maximum absolute atomic E-state index is 12.9. The van der Waals surface area contributed by atoms with E-state index in [0.29, 0.717) is 19.3 Å². The Kier molecular flexibility index (Phi) is 48.7.